The maximum absolute atomic E-state index is 13.2. The highest BCUT2D eigenvalue weighted by Gasteiger charge is 2.44. The predicted octanol–water partition coefficient (Wildman–Crippen LogP) is 4.32. The molecule has 4 heteroatoms. The van der Waals surface area contributed by atoms with E-state index in [0.717, 1.165) is 38.0 Å². The maximum atomic E-state index is 13.2. The monoisotopic (exact) mass is 379 g/mol. The van der Waals surface area contributed by atoms with Crippen molar-refractivity contribution in [3.05, 3.63) is 65.2 Å². The Hall–Kier alpha value is -2.33. The highest BCUT2D eigenvalue weighted by Crippen LogP contribution is 2.41. The zero-order valence-electron chi connectivity index (χ0n) is 16.8. The van der Waals surface area contributed by atoms with Gasteiger partial charge in [-0.1, -0.05) is 43.3 Å². The average molecular weight is 380 g/mol. The fourth-order valence-electron chi connectivity index (χ4n) is 4.57. The van der Waals surface area contributed by atoms with Crippen LogP contribution in [0.2, 0.25) is 0 Å². The van der Waals surface area contributed by atoms with Crippen molar-refractivity contribution in [2.45, 2.75) is 57.3 Å². The first-order valence-corrected chi connectivity index (χ1v) is 10.4. The van der Waals surface area contributed by atoms with Gasteiger partial charge < -0.3 is 14.4 Å². The minimum Gasteiger partial charge on any atom is -0.497 e. The van der Waals surface area contributed by atoms with Crippen molar-refractivity contribution in [1.82, 2.24) is 4.90 Å². The van der Waals surface area contributed by atoms with Crippen molar-refractivity contribution < 1.29 is 14.3 Å². The Balaban J connectivity index is 1.60. The third-order valence-corrected chi connectivity index (χ3v) is 5.99. The predicted molar refractivity (Wildman–Crippen MR) is 109 cm³/mol. The molecule has 0 saturated carbocycles. The van der Waals surface area contributed by atoms with Crippen LogP contribution in [0, 0.1) is 0 Å². The molecule has 148 valence electrons. The Morgan fingerprint density at radius 1 is 1.18 bits per heavy atom. The number of rotatable bonds is 6. The lowest BCUT2D eigenvalue weighted by Crippen LogP contribution is -2.56. The SMILES string of the molecule is CCCN1C(=O)C(CCc2ccccc2)O[C@@H]2c3cc(OC)ccc3CC[C@H]21. The van der Waals surface area contributed by atoms with Gasteiger partial charge in [-0.15, -0.1) is 0 Å². The van der Waals surface area contributed by atoms with E-state index in [2.05, 4.69) is 36.1 Å². The van der Waals surface area contributed by atoms with E-state index in [9.17, 15) is 4.79 Å². The first-order chi connectivity index (χ1) is 13.7. The number of amides is 1. The van der Waals surface area contributed by atoms with Crippen LogP contribution in [0.4, 0.5) is 0 Å². The number of carbonyl (C=O) groups is 1. The third kappa shape index (κ3) is 3.66. The molecule has 0 N–H and O–H groups in total. The summed E-state index contributed by atoms with van der Waals surface area (Å²) in [6.45, 7) is 2.93. The first kappa shape index (κ1) is 19.0. The molecule has 2 aromatic carbocycles. The quantitative estimate of drug-likeness (QED) is 0.750. The molecule has 1 aliphatic heterocycles. The average Bonchev–Trinajstić information content (AvgIpc) is 2.74. The molecule has 0 radical (unpaired) electrons. The van der Waals surface area contributed by atoms with Crippen molar-refractivity contribution >= 4 is 5.91 Å². The van der Waals surface area contributed by atoms with Gasteiger partial charge in [-0.05, 0) is 60.9 Å². The molecule has 1 unspecified atom stereocenters. The van der Waals surface area contributed by atoms with Gasteiger partial charge in [0.2, 0.25) is 0 Å². The Bertz CT molecular complexity index is 820. The fraction of sp³-hybridized carbons (Fsp3) is 0.458. The molecule has 4 rings (SSSR count). The second-order valence-electron chi connectivity index (χ2n) is 7.77. The van der Waals surface area contributed by atoms with Crippen LogP contribution in [0.5, 0.6) is 5.75 Å². The number of methoxy groups -OCH3 is 1. The maximum Gasteiger partial charge on any atom is 0.252 e. The highest BCUT2D eigenvalue weighted by atomic mass is 16.5. The Labute approximate surface area is 167 Å². The van der Waals surface area contributed by atoms with Crippen molar-refractivity contribution in [3.63, 3.8) is 0 Å². The number of benzene rings is 2. The number of carbonyl (C=O) groups excluding carboxylic acids is 1. The molecule has 0 bridgehead atoms. The summed E-state index contributed by atoms with van der Waals surface area (Å²) < 4.78 is 11.9. The van der Waals surface area contributed by atoms with Gasteiger partial charge in [0.1, 0.15) is 18.0 Å². The number of fused-ring (bicyclic) bond motifs is 3. The van der Waals surface area contributed by atoms with Crippen LogP contribution in [-0.2, 0) is 22.4 Å². The molecule has 1 saturated heterocycles. The van der Waals surface area contributed by atoms with E-state index >= 15 is 0 Å². The largest absolute Gasteiger partial charge is 0.497 e. The Kier molecular flexibility index (Phi) is 5.67. The molecule has 28 heavy (non-hydrogen) atoms. The van der Waals surface area contributed by atoms with Gasteiger partial charge in [-0.2, -0.15) is 0 Å². The zero-order valence-corrected chi connectivity index (χ0v) is 16.8. The minimum absolute atomic E-state index is 0.0659. The van der Waals surface area contributed by atoms with Crippen molar-refractivity contribution in [1.29, 1.82) is 0 Å². The second-order valence-corrected chi connectivity index (χ2v) is 7.77. The minimum atomic E-state index is -0.384. The van der Waals surface area contributed by atoms with Crippen molar-refractivity contribution in [2.75, 3.05) is 13.7 Å². The van der Waals surface area contributed by atoms with Crippen molar-refractivity contribution in [2.24, 2.45) is 0 Å². The van der Waals surface area contributed by atoms with Gasteiger partial charge in [0, 0.05) is 6.54 Å². The van der Waals surface area contributed by atoms with Gasteiger partial charge >= 0.3 is 0 Å². The van der Waals surface area contributed by atoms with Gasteiger partial charge in [-0.3, -0.25) is 4.79 Å². The van der Waals surface area contributed by atoms with Crippen LogP contribution < -0.4 is 4.74 Å². The van der Waals surface area contributed by atoms with E-state index in [0.29, 0.717) is 6.42 Å². The summed E-state index contributed by atoms with van der Waals surface area (Å²) in [6, 6.07) is 16.7. The molecule has 1 fully saturated rings. The summed E-state index contributed by atoms with van der Waals surface area (Å²) in [5, 5.41) is 0. The number of hydrogen-bond acceptors (Lipinski definition) is 3. The summed E-state index contributed by atoms with van der Waals surface area (Å²) in [7, 11) is 1.69. The van der Waals surface area contributed by atoms with Gasteiger partial charge in [0.25, 0.3) is 5.91 Å². The molecular formula is C24H29NO3. The Morgan fingerprint density at radius 2 is 2.00 bits per heavy atom. The molecule has 1 amide bonds. The van der Waals surface area contributed by atoms with Crippen LogP contribution in [0.15, 0.2) is 48.5 Å². The summed E-state index contributed by atoms with van der Waals surface area (Å²) in [5.41, 5.74) is 3.75. The first-order valence-electron chi connectivity index (χ1n) is 10.4. The molecule has 0 aromatic heterocycles. The summed E-state index contributed by atoms with van der Waals surface area (Å²) in [6.07, 6.45) is 4.01. The molecule has 4 nitrogen and oxygen atoms in total. The molecular weight excluding hydrogens is 350 g/mol. The summed E-state index contributed by atoms with van der Waals surface area (Å²) >= 11 is 0. The van der Waals surface area contributed by atoms with E-state index in [-0.39, 0.29) is 24.2 Å². The molecule has 2 aromatic rings. The van der Waals surface area contributed by atoms with Crippen LogP contribution in [0.1, 0.15) is 49.0 Å². The van der Waals surface area contributed by atoms with Gasteiger partial charge in [0.05, 0.1) is 13.2 Å². The second kappa shape index (κ2) is 8.36. The van der Waals surface area contributed by atoms with Crippen LogP contribution in [0.25, 0.3) is 0 Å². The number of ether oxygens (including phenoxy) is 2. The standard InChI is InChI=1S/C24H29NO3/c1-3-15-25-21-13-11-18-10-12-19(27-2)16-20(18)23(21)28-22(24(25)26)14-9-17-7-5-4-6-8-17/h4-8,10,12,16,21-23H,3,9,11,13-15H2,1-2H3/t21-,22?,23-/m1/s1. The lowest BCUT2D eigenvalue weighted by molar-refractivity contribution is -0.176. The normalized spacial score (nSPS) is 23.9. The molecule has 3 atom stereocenters. The number of morpholine rings is 1. The van der Waals surface area contributed by atoms with E-state index in [1.165, 1.54) is 16.7 Å². The number of hydrogen-bond donors (Lipinski definition) is 0. The van der Waals surface area contributed by atoms with Crippen LogP contribution >= 0.6 is 0 Å². The summed E-state index contributed by atoms with van der Waals surface area (Å²) in [5.74, 6) is 1.01. The van der Waals surface area contributed by atoms with E-state index in [4.69, 9.17) is 9.47 Å². The van der Waals surface area contributed by atoms with E-state index in [1.54, 1.807) is 7.11 Å². The third-order valence-electron chi connectivity index (χ3n) is 5.99. The van der Waals surface area contributed by atoms with Crippen LogP contribution in [-0.4, -0.2) is 36.6 Å². The Morgan fingerprint density at radius 3 is 2.75 bits per heavy atom. The topological polar surface area (TPSA) is 38.8 Å². The molecule has 0 spiro atoms. The summed E-state index contributed by atoms with van der Waals surface area (Å²) in [4.78, 5) is 15.3. The lowest BCUT2D eigenvalue weighted by atomic mass is 9.83. The van der Waals surface area contributed by atoms with Crippen molar-refractivity contribution in [3.8, 4) is 5.75 Å². The molecule has 2 aliphatic rings. The van der Waals surface area contributed by atoms with E-state index in [1.807, 2.05) is 24.3 Å². The fourth-order valence-corrected chi connectivity index (χ4v) is 4.57. The zero-order chi connectivity index (χ0) is 19.5. The molecule has 1 aliphatic carbocycles. The van der Waals surface area contributed by atoms with Gasteiger partial charge in [0.15, 0.2) is 0 Å². The smallest absolute Gasteiger partial charge is 0.252 e. The molecule has 1 heterocycles. The number of aryl methyl sites for hydroxylation is 2. The number of nitrogens with zero attached hydrogens (tertiary/aromatic N) is 1. The lowest BCUT2D eigenvalue weighted by Gasteiger charge is -2.47. The highest BCUT2D eigenvalue weighted by molar-refractivity contribution is 5.82. The van der Waals surface area contributed by atoms with Crippen LogP contribution in [0.3, 0.4) is 0 Å². The van der Waals surface area contributed by atoms with E-state index < -0.39 is 0 Å². The van der Waals surface area contributed by atoms with Gasteiger partial charge in [-0.25, -0.2) is 0 Å².